The number of aliphatic hydroxyl groups excluding tert-OH is 1. The molecule has 10 atom stereocenters. The Bertz CT molecular complexity index is 861. The molecule has 0 aromatic heterocycles. The van der Waals surface area contributed by atoms with Gasteiger partial charge in [-0.25, -0.2) is 0 Å². The first kappa shape index (κ1) is 23.9. The van der Waals surface area contributed by atoms with Crippen LogP contribution in [0.3, 0.4) is 0 Å². The minimum atomic E-state index is -0.538. The molecule has 0 saturated heterocycles. The Hall–Kier alpha value is -0.830. The summed E-state index contributed by atoms with van der Waals surface area (Å²) in [5.41, 5.74) is 1.35. The van der Waals surface area contributed by atoms with Crippen LogP contribution in [-0.4, -0.2) is 22.3 Å². The van der Waals surface area contributed by atoms with E-state index in [0.29, 0.717) is 23.7 Å². The molecule has 3 heteroatoms. The van der Waals surface area contributed by atoms with Crippen molar-refractivity contribution in [1.29, 1.82) is 0 Å². The van der Waals surface area contributed by atoms with E-state index in [-0.39, 0.29) is 33.7 Å². The third-order valence-corrected chi connectivity index (χ3v) is 13.5. The van der Waals surface area contributed by atoms with E-state index in [0.717, 1.165) is 38.5 Å². The fourth-order valence-electron chi connectivity index (χ4n) is 11.5. The van der Waals surface area contributed by atoms with Crippen LogP contribution in [0.5, 0.6) is 0 Å². The molecule has 186 valence electrons. The van der Waals surface area contributed by atoms with Crippen LogP contribution >= 0.6 is 0 Å². The highest BCUT2D eigenvalue weighted by atomic mass is 16.4. The minimum Gasteiger partial charge on any atom is -0.481 e. The molecule has 0 unspecified atom stereocenters. The first-order chi connectivity index (χ1) is 15.3. The molecular formula is C30H48O3. The van der Waals surface area contributed by atoms with E-state index >= 15 is 0 Å². The van der Waals surface area contributed by atoms with Crippen molar-refractivity contribution >= 4 is 5.97 Å². The Morgan fingerprint density at radius 1 is 0.818 bits per heavy atom. The van der Waals surface area contributed by atoms with Gasteiger partial charge < -0.3 is 10.2 Å². The van der Waals surface area contributed by atoms with E-state index in [4.69, 9.17) is 0 Å². The molecule has 0 heterocycles. The number of aliphatic carboxylic acids is 1. The molecule has 0 spiro atoms. The maximum absolute atomic E-state index is 12.8. The predicted octanol–water partition coefficient (Wildman–Crippen LogP) is 7.09. The summed E-state index contributed by atoms with van der Waals surface area (Å²) < 4.78 is 0. The van der Waals surface area contributed by atoms with Gasteiger partial charge in [0.1, 0.15) is 0 Å². The van der Waals surface area contributed by atoms with E-state index in [1.807, 2.05) is 0 Å². The number of carboxylic acids is 1. The molecule has 5 rings (SSSR count). The van der Waals surface area contributed by atoms with E-state index in [2.05, 4.69) is 48.1 Å². The molecule has 3 nitrogen and oxygen atoms in total. The molecule has 0 aromatic carbocycles. The monoisotopic (exact) mass is 456 g/mol. The number of fused-ring (bicyclic) bond motifs is 7. The van der Waals surface area contributed by atoms with Crippen LogP contribution in [0.1, 0.15) is 106 Å². The molecule has 5 fully saturated rings. The molecule has 5 aliphatic carbocycles. The lowest BCUT2D eigenvalue weighted by atomic mass is 9.32. The molecular weight excluding hydrogens is 408 g/mol. The van der Waals surface area contributed by atoms with Gasteiger partial charge in [-0.05, 0) is 122 Å². The summed E-state index contributed by atoms with van der Waals surface area (Å²) >= 11 is 0. The Kier molecular flexibility index (Phi) is 5.15. The summed E-state index contributed by atoms with van der Waals surface area (Å²) in [4.78, 5) is 12.8. The lowest BCUT2D eigenvalue weighted by Gasteiger charge is -2.72. The average molecular weight is 457 g/mol. The third kappa shape index (κ3) is 2.75. The smallest absolute Gasteiger partial charge is 0.309 e. The van der Waals surface area contributed by atoms with Gasteiger partial charge in [0.15, 0.2) is 0 Å². The van der Waals surface area contributed by atoms with Gasteiger partial charge >= 0.3 is 5.97 Å². The van der Waals surface area contributed by atoms with Crippen molar-refractivity contribution in [3.63, 3.8) is 0 Å². The van der Waals surface area contributed by atoms with Gasteiger partial charge in [-0.3, -0.25) is 4.79 Å². The number of hydrogen-bond donors (Lipinski definition) is 2. The zero-order chi connectivity index (χ0) is 24.2. The highest BCUT2D eigenvalue weighted by molar-refractivity contribution is 5.76. The van der Waals surface area contributed by atoms with Crippen molar-refractivity contribution in [2.45, 2.75) is 112 Å². The normalized spacial score (nSPS) is 55.0. The number of rotatable bonds is 2. The largest absolute Gasteiger partial charge is 0.481 e. The number of carbonyl (C=O) groups is 1. The zero-order valence-electron chi connectivity index (χ0n) is 22.0. The molecule has 0 radical (unpaired) electrons. The highest BCUT2D eigenvalue weighted by Gasteiger charge is 2.71. The van der Waals surface area contributed by atoms with Crippen LogP contribution in [0, 0.1) is 56.7 Å². The first-order valence-corrected chi connectivity index (χ1v) is 13.8. The zero-order valence-corrected chi connectivity index (χ0v) is 22.0. The van der Waals surface area contributed by atoms with E-state index in [1.165, 1.54) is 31.3 Å². The van der Waals surface area contributed by atoms with E-state index in [1.54, 1.807) is 0 Å². The molecule has 5 aliphatic rings. The van der Waals surface area contributed by atoms with Gasteiger partial charge in [-0.2, -0.15) is 0 Å². The van der Waals surface area contributed by atoms with Gasteiger partial charge in [0.2, 0.25) is 0 Å². The van der Waals surface area contributed by atoms with Gasteiger partial charge in [-0.15, -0.1) is 0 Å². The fraction of sp³-hybridized carbons (Fsp3) is 0.900. The number of carboxylic acid groups (broad SMARTS) is 1. The maximum atomic E-state index is 12.8. The quantitative estimate of drug-likeness (QED) is 0.436. The minimum absolute atomic E-state index is 0.0202. The van der Waals surface area contributed by atoms with Crippen molar-refractivity contribution in [1.82, 2.24) is 0 Å². The summed E-state index contributed by atoms with van der Waals surface area (Å²) in [6.07, 6.45) is 10.5. The summed E-state index contributed by atoms with van der Waals surface area (Å²) in [6.45, 7) is 18.8. The van der Waals surface area contributed by atoms with Crippen LogP contribution in [0.15, 0.2) is 12.2 Å². The van der Waals surface area contributed by atoms with Gasteiger partial charge in [0, 0.05) is 0 Å². The Morgan fingerprint density at radius 3 is 2.15 bits per heavy atom. The van der Waals surface area contributed by atoms with Gasteiger partial charge in [-0.1, -0.05) is 46.8 Å². The van der Waals surface area contributed by atoms with Crippen molar-refractivity contribution < 1.29 is 15.0 Å². The van der Waals surface area contributed by atoms with Crippen LogP contribution < -0.4 is 0 Å². The van der Waals surface area contributed by atoms with E-state index < -0.39 is 11.4 Å². The topological polar surface area (TPSA) is 57.5 Å². The second kappa shape index (κ2) is 7.11. The lowest BCUT2D eigenvalue weighted by Crippen LogP contribution is -2.67. The molecule has 0 bridgehead atoms. The predicted molar refractivity (Wildman–Crippen MR) is 133 cm³/mol. The molecule has 0 amide bonds. The Balaban J connectivity index is 1.57. The Morgan fingerprint density at radius 2 is 1.52 bits per heavy atom. The molecule has 2 N–H and O–H groups in total. The van der Waals surface area contributed by atoms with Crippen LogP contribution in [-0.2, 0) is 4.79 Å². The SMILES string of the molecule is C=C(C)[C@H]1CC[C@]2(C(=O)O)CC[C@]3(C)[C@@H](CC[C@@H]4[C@]5(C)CC[C@H](O)C(C)(C)[C@@H]5CC[C@@]43C)[C@H]12. The molecule has 33 heavy (non-hydrogen) atoms. The third-order valence-electron chi connectivity index (χ3n) is 13.5. The Labute approximate surface area is 201 Å². The van der Waals surface area contributed by atoms with Crippen molar-refractivity contribution in [2.24, 2.45) is 56.7 Å². The summed E-state index contributed by atoms with van der Waals surface area (Å²) in [7, 11) is 0. The number of hydrogen-bond acceptors (Lipinski definition) is 2. The fourth-order valence-corrected chi connectivity index (χ4v) is 11.5. The molecule has 5 saturated carbocycles. The number of allylic oxidation sites excluding steroid dienone is 1. The molecule has 0 aromatic rings. The summed E-state index contributed by atoms with van der Waals surface area (Å²) in [6, 6.07) is 0. The van der Waals surface area contributed by atoms with Crippen LogP contribution in [0.25, 0.3) is 0 Å². The first-order valence-electron chi connectivity index (χ1n) is 13.8. The second-order valence-corrected chi connectivity index (χ2v) is 14.5. The molecule has 0 aliphatic heterocycles. The van der Waals surface area contributed by atoms with E-state index in [9.17, 15) is 15.0 Å². The average Bonchev–Trinajstić information content (AvgIpc) is 3.13. The van der Waals surface area contributed by atoms with Crippen molar-refractivity contribution in [2.75, 3.05) is 0 Å². The van der Waals surface area contributed by atoms with Crippen LogP contribution in [0.2, 0.25) is 0 Å². The standard InChI is InChI=1S/C30H48O3/c1-18(2)19-10-15-30(25(32)33)17-16-28(6)20(24(19)30)8-9-22-27(5)13-12-23(31)26(3,4)21(27)11-14-29(22,28)7/h19-24,31H,1,8-17H2,2-7H3,(H,32,33)/t19-,20+,21+,22-,23+,24+,27-,28-,29+,30+/m1/s1. The van der Waals surface area contributed by atoms with Crippen LogP contribution in [0.4, 0.5) is 0 Å². The van der Waals surface area contributed by atoms with Gasteiger partial charge in [0.25, 0.3) is 0 Å². The summed E-state index contributed by atoms with van der Waals surface area (Å²) in [5, 5.41) is 21.4. The van der Waals surface area contributed by atoms with Crippen molar-refractivity contribution in [3.05, 3.63) is 12.2 Å². The second-order valence-electron chi connectivity index (χ2n) is 14.5. The van der Waals surface area contributed by atoms with Crippen molar-refractivity contribution in [3.8, 4) is 0 Å². The lowest BCUT2D eigenvalue weighted by molar-refractivity contribution is -0.248. The highest BCUT2D eigenvalue weighted by Crippen LogP contribution is 2.77. The van der Waals surface area contributed by atoms with Gasteiger partial charge in [0.05, 0.1) is 11.5 Å². The summed E-state index contributed by atoms with van der Waals surface area (Å²) in [5.74, 6) is 1.79. The number of aliphatic hydroxyl groups is 1. The maximum Gasteiger partial charge on any atom is 0.309 e.